The highest BCUT2D eigenvalue weighted by Gasteiger charge is 2.05. The minimum absolute atomic E-state index is 0.857. The maximum absolute atomic E-state index is 5.18. The fourth-order valence-electron chi connectivity index (χ4n) is 2.30. The van der Waals surface area contributed by atoms with Gasteiger partial charge in [0.2, 0.25) is 0 Å². The Hall–Kier alpha value is -2.33. The van der Waals surface area contributed by atoms with Crippen molar-refractivity contribution in [3.63, 3.8) is 0 Å². The molecule has 0 radical (unpaired) electrons. The highest BCUT2D eigenvalue weighted by molar-refractivity contribution is 5.63. The Bertz CT molecular complexity index is 731. The van der Waals surface area contributed by atoms with E-state index >= 15 is 0 Å². The van der Waals surface area contributed by atoms with Gasteiger partial charge in [0.05, 0.1) is 12.8 Å². The van der Waals surface area contributed by atoms with Gasteiger partial charge in [-0.25, -0.2) is 4.98 Å². The maximum atomic E-state index is 5.18. The van der Waals surface area contributed by atoms with Crippen molar-refractivity contribution in [2.45, 2.75) is 13.5 Å². The first kappa shape index (κ1) is 13.6. The minimum Gasteiger partial charge on any atom is -0.497 e. The molecule has 0 aliphatic heterocycles. The van der Waals surface area contributed by atoms with Crippen LogP contribution < -0.4 is 10.1 Å². The first-order valence-corrected chi connectivity index (χ1v) is 7.13. The van der Waals surface area contributed by atoms with E-state index in [0.29, 0.717) is 0 Å². The lowest BCUT2D eigenvalue weighted by molar-refractivity contribution is 0.415. The Labute approximate surface area is 124 Å². The molecule has 0 atom stereocenters. The summed E-state index contributed by atoms with van der Waals surface area (Å²) in [7, 11) is 1.67. The number of pyridine rings is 1. The monoisotopic (exact) mass is 281 g/mol. The van der Waals surface area contributed by atoms with Gasteiger partial charge in [-0.05, 0) is 48.5 Å². The van der Waals surface area contributed by atoms with E-state index in [9.17, 15) is 0 Å². The van der Waals surface area contributed by atoms with Crippen LogP contribution in [0.25, 0.3) is 16.9 Å². The number of methoxy groups -OCH3 is 1. The number of aromatic nitrogens is 2. The van der Waals surface area contributed by atoms with E-state index in [0.717, 1.165) is 35.7 Å². The fourth-order valence-corrected chi connectivity index (χ4v) is 2.30. The van der Waals surface area contributed by atoms with Crippen LogP contribution >= 0.6 is 0 Å². The van der Waals surface area contributed by atoms with Crippen molar-refractivity contribution in [3.05, 3.63) is 54.4 Å². The van der Waals surface area contributed by atoms with Gasteiger partial charge < -0.3 is 14.5 Å². The van der Waals surface area contributed by atoms with Crippen molar-refractivity contribution in [1.29, 1.82) is 0 Å². The molecule has 0 spiro atoms. The average molecular weight is 281 g/mol. The summed E-state index contributed by atoms with van der Waals surface area (Å²) >= 11 is 0. The van der Waals surface area contributed by atoms with E-state index < -0.39 is 0 Å². The molecule has 3 rings (SSSR count). The van der Waals surface area contributed by atoms with Gasteiger partial charge in [-0.3, -0.25) is 0 Å². The largest absolute Gasteiger partial charge is 0.497 e. The molecule has 0 aliphatic carbocycles. The van der Waals surface area contributed by atoms with Crippen molar-refractivity contribution in [3.8, 4) is 17.0 Å². The molecule has 4 heteroatoms. The highest BCUT2D eigenvalue weighted by Crippen LogP contribution is 2.22. The van der Waals surface area contributed by atoms with Crippen molar-refractivity contribution in [2.24, 2.45) is 0 Å². The number of rotatable bonds is 5. The number of hydrogen-bond donors (Lipinski definition) is 1. The predicted octanol–water partition coefficient (Wildman–Crippen LogP) is 3.12. The Morgan fingerprint density at radius 1 is 1.19 bits per heavy atom. The van der Waals surface area contributed by atoms with E-state index in [2.05, 4.69) is 35.0 Å². The number of hydrogen-bond acceptors (Lipinski definition) is 3. The van der Waals surface area contributed by atoms with Crippen LogP contribution in [-0.4, -0.2) is 23.0 Å². The highest BCUT2D eigenvalue weighted by atomic mass is 16.5. The summed E-state index contributed by atoms with van der Waals surface area (Å²) in [5.41, 5.74) is 4.28. The number of fused-ring (bicyclic) bond motifs is 1. The van der Waals surface area contributed by atoms with Gasteiger partial charge in [-0.2, -0.15) is 0 Å². The molecule has 0 saturated carbocycles. The molecule has 1 N–H and O–H groups in total. The quantitative estimate of drug-likeness (QED) is 0.781. The summed E-state index contributed by atoms with van der Waals surface area (Å²) in [6.45, 7) is 3.95. The molecule has 2 heterocycles. The van der Waals surface area contributed by atoms with Crippen LogP contribution in [0.5, 0.6) is 5.75 Å². The van der Waals surface area contributed by atoms with Crippen LogP contribution in [-0.2, 0) is 6.54 Å². The number of benzene rings is 1. The average Bonchev–Trinajstić information content (AvgIpc) is 2.96. The molecule has 21 heavy (non-hydrogen) atoms. The first-order valence-electron chi connectivity index (χ1n) is 7.13. The third kappa shape index (κ3) is 2.90. The summed E-state index contributed by atoms with van der Waals surface area (Å²) in [5.74, 6) is 0.857. The Morgan fingerprint density at radius 2 is 2.00 bits per heavy atom. The van der Waals surface area contributed by atoms with Crippen molar-refractivity contribution in [1.82, 2.24) is 14.7 Å². The smallest absolute Gasteiger partial charge is 0.137 e. The SMILES string of the molecule is CCNCc1ccn2cc(-c3ccc(OC)cc3)nc2c1. The molecular formula is C17H19N3O. The molecule has 3 aromatic rings. The molecule has 4 nitrogen and oxygen atoms in total. The molecule has 0 bridgehead atoms. The van der Waals surface area contributed by atoms with Crippen LogP contribution in [0, 0.1) is 0 Å². The van der Waals surface area contributed by atoms with Crippen LogP contribution in [0.3, 0.4) is 0 Å². The molecule has 0 aliphatic rings. The summed E-state index contributed by atoms with van der Waals surface area (Å²) in [6, 6.07) is 12.2. The second kappa shape index (κ2) is 5.97. The summed E-state index contributed by atoms with van der Waals surface area (Å²) in [4.78, 5) is 4.70. The second-order valence-electron chi connectivity index (χ2n) is 4.94. The lowest BCUT2D eigenvalue weighted by Gasteiger charge is -2.01. The molecule has 0 saturated heterocycles. The number of nitrogens with zero attached hydrogens (tertiary/aromatic N) is 2. The summed E-state index contributed by atoms with van der Waals surface area (Å²) in [6.07, 6.45) is 4.11. The molecule has 0 fully saturated rings. The van der Waals surface area contributed by atoms with Gasteiger partial charge in [0, 0.05) is 24.5 Å². The standard InChI is InChI=1S/C17H19N3O/c1-3-18-11-13-8-9-20-12-16(19-17(20)10-13)14-4-6-15(21-2)7-5-14/h4-10,12,18H,3,11H2,1-2H3. The van der Waals surface area contributed by atoms with Gasteiger partial charge >= 0.3 is 0 Å². The van der Waals surface area contributed by atoms with E-state index in [4.69, 9.17) is 9.72 Å². The van der Waals surface area contributed by atoms with E-state index in [-0.39, 0.29) is 0 Å². The normalized spacial score (nSPS) is 11.0. The van der Waals surface area contributed by atoms with Crippen LogP contribution in [0.2, 0.25) is 0 Å². The Morgan fingerprint density at radius 3 is 2.71 bits per heavy atom. The molecular weight excluding hydrogens is 262 g/mol. The van der Waals surface area contributed by atoms with E-state index in [1.54, 1.807) is 7.11 Å². The van der Waals surface area contributed by atoms with Crippen molar-refractivity contribution >= 4 is 5.65 Å². The molecule has 0 amide bonds. The molecule has 0 unspecified atom stereocenters. The topological polar surface area (TPSA) is 38.6 Å². The predicted molar refractivity (Wildman–Crippen MR) is 84.6 cm³/mol. The summed E-state index contributed by atoms with van der Waals surface area (Å²) < 4.78 is 7.24. The van der Waals surface area contributed by atoms with E-state index in [1.807, 2.05) is 30.5 Å². The van der Waals surface area contributed by atoms with Gasteiger partial charge in [-0.15, -0.1) is 0 Å². The number of nitrogens with one attached hydrogen (secondary N) is 1. The zero-order chi connectivity index (χ0) is 14.7. The zero-order valence-corrected chi connectivity index (χ0v) is 12.3. The Kier molecular flexibility index (Phi) is 3.88. The number of imidazole rings is 1. The zero-order valence-electron chi connectivity index (χ0n) is 12.3. The maximum Gasteiger partial charge on any atom is 0.137 e. The molecule has 108 valence electrons. The third-order valence-corrected chi connectivity index (χ3v) is 3.49. The minimum atomic E-state index is 0.857. The second-order valence-corrected chi connectivity index (χ2v) is 4.94. The van der Waals surface area contributed by atoms with Crippen LogP contribution in [0.15, 0.2) is 48.8 Å². The van der Waals surface area contributed by atoms with E-state index in [1.165, 1.54) is 5.56 Å². The third-order valence-electron chi connectivity index (χ3n) is 3.49. The van der Waals surface area contributed by atoms with Gasteiger partial charge in [-0.1, -0.05) is 6.92 Å². The fraction of sp³-hybridized carbons (Fsp3) is 0.235. The number of ether oxygens (including phenoxy) is 1. The molecule has 2 aromatic heterocycles. The molecule has 1 aromatic carbocycles. The summed E-state index contributed by atoms with van der Waals surface area (Å²) in [5, 5.41) is 3.33. The van der Waals surface area contributed by atoms with Crippen LogP contribution in [0.4, 0.5) is 0 Å². The van der Waals surface area contributed by atoms with Crippen LogP contribution in [0.1, 0.15) is 12.5 Å². The van der Waals surface area contributed by atoms with Gasteiger partial charge in [0.15, 0.2) is 0 Å². The van der Waals surface area contributed by atoms with Crippen molar-refractivity contribution in [2.75, 3.05) is 13.7 Å². The van der Waals surface area contributed by atoms with Gasteiger partial charge in [0.1, 0.15) is 11.4 Å². The van der Waals surface area contributed by atoms with Crippen molar-refractivity contribution < 1.29 is 4.74 Å². The lowest BCUT2D eigenvalue weighted by atomic mass is 10.2. The lowest BCUT2D eigenvalue weighted by Crippen LogP contribution is -2.11. The Balaban J connectivity index is 1.92. The first-order chi connectivity index (χ1) is 10.3. The van der Waals surface area contributed by atoms with Gasteiger partial charge in [0.25, 0.3) is 0 Å².